The van der Waals surface area contributed by atoms with Crippen molar-refractivity contribution in [3.8, 4) is 23.0 Å². The Kier molecular flexibility index (Phi) is 6.25. The van der Waals surface area contributed by atoms with Crippen LogP contribution in [0.5, 0.6) is 0 Å². The predicted octanol–water partition coefficient (Wildman–Crippen LogP) is 5.04. The van der Waals surface area contributed by atoms with Gasteiger partial charge in [0.15, 0.2) is 0 Å². The molecule has 2 aromatic carbocycles. The molecule has 40 heavy (non-hydrogen) atoms. The molecule has 0 unspecified atom stereocenters. The molecular weight excluding hydrogens is 502 g/mol. The zero-order valence-corrected chi connectivity index (χ0v) is 22.2. The molecule has 6 aromatic rings. The third kappa shape index (κ3) is 4.44. The second kappa shape index (κ2) is 10.0. The minimum atomic E-state index is -0.622. The lowest BCUT2D eigenvalue weighted by Crippen LogP contribution is -2.28. The fraction of sp³-hybridized carbons (Fsp3) is 0.125. The molecule has 1 N–H and O–H groups in total. The summed E-state index contributed by atoms with van der Waals surface area (Å²) in [5, 5.41) is 12.0. The van der Waals surface area contributed by atoms with Crippen molar-refractivity contribution in [2.24, 2.45) is 7.05 Å². The molecule has 4 aromatic heterocycles. The zero-order valence-electron chi connectivity index (χ0n) is 22.2. The standard InChI is InChI=1S/C32H25N5O3/c1-20-27(25-13-7-8-17-37(25)35-20)32(39)34-21(2)31-29(23-10-5-4-6-11-23)30(38)28-24(12-9-14-26(28)40-31)16-15-22-18-33-36(3)19-22/h4-14,17-19,21H,1-3H3,(H,34,39)/t21-/m0/s1. The van der Waals surface area contributed by atoms with Gasteiger partial charge in [0.25, 0.3) is 5.91 Å². The van der Waals surface area contributed by atoms with Crippen LogP contribution in [0.2, 0.25) is 0 Å². The Morgan fingerprint density at radius 2 is 1.82 bits per heavy atom. The van der Waals surface area contributed by atoms with E-state index in [-0.39, 0.29) is 11.3 Å². The monoisotopic (exact) mass is 527 g/mol. The summed E-state index contributed by atoms with van der Waals surface area (Å²) in [6.45, 7) is 3.60. The number of aromatic nitrogens is 4. The summed E-state index contributed by atoms with van der Waals surface area (Å²) < 4.78 is 9.75. The first-order valence-corrected chi connectivity index (χ1v) is 12.8. The molecule has 0 radical (unpaired) electrons. The van der Waals surface area contributed by atoms with Crippen molar-refractivity contribution in [3.05, 3.63) is 124 Å². The number of pyridine rings is 1. The maximum Gasteiger partial charge on any atom is 0.255 e. The fourth-order valence-corrected chi connectivity index (χ4v) is 4.90. The highest BCUT2D eigenvalue weighted by Gasteiger charge is 2.25. The van der Waals surface area contributed by atoms with Crippen LogP contribution in [0.4, 0.5) is 0 Å². The summed E-state index contributed by atoms with van der Waals surface area (Å²) in [6, 6.07) is 19.6. The van der Waals surface area contributed by atoms with Crippen LogP contribution >= 0.6 is 0 Å². The van der Waals surface area contributed by atoms with Crippen LogP contribution in [0.15, 0.2) is 94.5 Å². The van der Waals surface area contributed by atoms with E-state index in [0.717, 1.165) is 5.56 Å². The maximum atomic E-state index is 14.2. The number of benzene rings is 2. The molecule has 0 bridgehead atoms. The number of nitrogens with one attached hydrogen (secondary N) is 1. The summed E-state index contributed by atoms with van der Waals surface area (Å²) in [5.41, 5.74) is 4.33. The first kappa shape index (κ1) is 24.9. The number of rotatable bonds is 4. The lowest BCUT2D eigenvalue weighted by molar-refractivity contribution is 0.0936. The Bertz CT molecular complexity index is 2020. The first-order chi connectivity index (χ1) is 19.4. The van der Waals surface area contributed by atoms with Gasteiger partial charge in [0.2, 0.25) is 5.43 Å². The van der Waals surface area contributed by atoms with Crippen LogP contribution in [0.25, 0.3) is 27.6 Å². The molecule has 8 nitrogen and oxygen atoms in total. The van der Waals surface area contributed by atoms with Crippen LogP contribution in [0.3, 0.4) is 0 Å². The van der Waals surface area contributed by atoms with Crippen molar-refractivity contribution < 1.29 is 9.21 Å². The Morgan fingerprint density at radius 3 is 2.60 bits per heavy atom. The number of nitrogens with zero attached hydrogens (tertiary/aromatic N) is 4. The molecular formula is C32H25N5O3. The van der Waals surface area contributed by atoms with Gasteiger partial charge in [0.05, 0.1) is 45.5 Å². The topological polar surface area (TPSA) is 94.4 Å². The normalized spacial score (nSPS) is 11.8. The van der Waals surface area contributed by atoms with Crippen LogP contribution in [0, 0.1) is 18.8 Å². The van der Waals surface area contributed by atoms with E-state index in [2.05, 4.69) is 27.4 Å². The molecule has 0 saturated carbocycles. The molecule has 0 aliphatic carbocycles. The summed E-state index contributed by atoms with van der Waals surface area (Å²) in [4.78, 5) is 27.7. The van der Waals surface area contributed by atoms with Crippen molar-refractivity contribution in [2.75, 3.05) is 0 Å². The minimum Gasteiger partial charge on any atom is -0.458 e. The Hall–Kier alpha value is -5.42. The van der Waals surface area contributed by atoms with Gasteiger partial charge in [-0.05, 0) is 43.7 Å². The van der Waals surface area contributed by atoms with Crippen molar-refractivity contribution in [1.29, 1.82) is 0 Å². The van der Waals surface area contributed by atoms with Crippen molar-refractivity contribution >= 4 is 22.4 Å². The fourth-order valence-electron chi connectivity index (χ4n) is 4.90. The predicted molar refractivity (Wildman–Crippen MR) is 153 cm³/mol. The molecule has 6 rings (SSSR count). The Balaban J connectivity index is 1.48. The molecule has 1 amide bonds. The second-order valence-electron chi connectivity index (χ2n) is 9.55. The van der Waals surface area contributed by atoms with E-state index in [1.807, 2.05) is 68.7 Å². The number of carbonyl (C=O) groups excluding carboxylic acids is 1. The highest BCUT2D eigenvalue weighted by molar-refractivity contribution is 6.02. The molecule has 4 heterocycles. The smallest absolute Gasteiger partial charge is 0.255 e. The average Bonchev–Trinajstić information content (AvgIpc) is 3.53. The number of hydrogen-bond donors (Lipinski definition) is 1. The first-order valence-electron chi connectivity index (χ1n) is 12.8. The number of aryl methyl sites for hydroxylation is 2. The van der Waals surface area contributed by atoms with Gasteiger partial charge < -0.3 is 9.73 Å². The van der Waals surface area contributed by atoms with E-state index < -0.39 is 6.04 Å². The Morgan fingerprint density at radius 1 is 1.02 bits per heavy atom. The summed E-state index contributed by atoms with van der Waals surface area (Å²) in [5.74, 6) is 6.26. The third-order valence-electron chi connectivity index (χ3n) is 6.74. The second-order valence-corrected chi connectivity index (χ2v) is 9.55. The van der Waals surface area contributed by atoms with Gasteiger partial charge in [-0.3, -0.25) is 14.3 Å². The average molecular weight is 528 g/mol. The zero-order chi connectivity index (χ0) is 27.8. The molecule has 8 heteroatoms. The molecule has 0 aliphatic heterocycles. The van der Waals surface area contributed by atoms with Gasteiger partial charge in [-0.1, -0.05) is 54.3 Å². The van der Waals surface area contributed by atoms with E-state index in [0.29, 0.717) is 50.2 Å². The third-order valence-corrected chi connectivity index (χ3v) is 6.74. The highest BCUT2D eigenvalue weighted by Crippen LogP contribution is 2.30. The van der Waals surface area contributed by atoms with Gasteiger partial charge in [-0.25, -0.2) is 4.52 Å². The van der Waals surface area contributed by atoms with Crippen LogP contribution in [-0.4, -0.2) is 25.3 Å². The molecule has 1 atom stereocenters. The quantitative estimate of drug-likeness (QED) is 0.324. The van der Waals surface area contributed by atoms with Crippen LogP contribution in [0.1, 0.15) is 45.9 Å². The van der Waals surface area contributed by atoms with Gasteiger partial charge >= 0.3 is 0 Å². The lowest BCUT2D eigenvalue weighted by Gasteiger charge is -2.18. The van der Waals surface area contributed by atoms with Gasteiger partial charge in [-0.2, -0.15) is 10.2 Å². The molecule has 0 aliphatic rings. The summed E-state index contributed by atoms with van der Waals surface area (Å²) in [6.07, 6.45) is 5.28. The van der Waals surface area contributed by atoms with E-state index in [9.17, 15) is 9.59 Å². The largest absolute Gasteiger partial charge is 0.458 e. The number of amides is 1. The van der Waals surface area contributed by atoms with E-state index in [1.54, 1.807) is 46.7 Å². The highest BCUT2D eigenvalue weighted by atomic mass is 16.3. The van der Waals surface area contributed by atoms with E-state index in [1.165, 1.54) is 0 Å². The summed E-state index contributed by atoms with van der Waals surface area (Å²) in [7, 11) is 1.82. The van der Waals surface area contributed by atoms with E-state index >= 15 is 0 Å². The van der Waals surface area contributed by atoms with E-state index in [4.69, 9.17) is 4.42 Å². The van der Waals surface area contributed by atoms with Crippen molar-refractivity contribution in [1.82, 2.24) is 24.7 Å². The molecule has 0 spiro atoms. The molecule has 196 valence electrons. The van der Waals surface area contributed by atoms with Crippen molar-refractivity contribution in [2.45, 2.75) is 19.9 Å². The molecule has 0 fully saturated rings. The molecule has 0 saturated heterocycles. The van der Waals surface area contributed by atoms with Crippen molar-refractivity contribution in [3.63, 3.8) is 0 Å². The minimum absolute atomic E-state index is 0.216. The summed E-state index contributed by atoms with van der Waals surface area (Å²) >= 11 is 0. The van der Waals surface area contributed by atoms with Gasteiger partial charge in [0.1, 0.15) is 11.3 Å². The number of fused-ring (bicyclic) bond motifs is 2. The maximum absolute atomic E-state index is 14.2. The Labute approximate surface area is 229 Å². The number of hydrogen-bond acceptors (Lipinski definition) is 5. The lowest BCUT2D eigenvalue weighted by atomic mass is 9.97. The SMILES string of the molecule is Cc1nn2ccccc2c1C(=O)N[C@@H](C)c1oc2cccc(C#Cc3cnn(C)c3)c2c(=O)c1-c1ccccc1. The van der Waals surface area contributed by atoms with Crippen LogP contribution in [-0.2, 0) is 7.05 Å². The number of carbonyl (C=O) groups is 1. The van der Waals surface area contributed by atoms with Crippen LogP contribution < -0.4 is 10.7 Å². The van der Waals surface area contributed by atoms with Gasteiger partial charge in [0, 0.05) is 25.0 Å². The van der Waals surface area contributed by atoms with Gasteiger partial charge in [-0.15, -0.1) is 0 Å².